The van der Waals surface area contributed by atoms with Crippen molar-refractivity contribution in [2.24, 2.45) is 11.7 Å². The van der Waals surface area contributed by atoms with Crippen molar-refractivity contribution >= 4 is 5.91 Å². The highest BCUT2D eigenvalue weighted by molar-refractivity contribution is 5.76. The molecule has 0 rings (SSSR count). The van der Waals surface area contributed by atoms with Gasteiger partial charge in [0.05, 0.1) is 12.5 Å². The lowest BCUT2D eigenvalue weighted by Gasteiger charge is -2.29. The third-order valence-electron chi connectivity index (χ3n) is 3.52. The van der Waals surface area contributed by atoms with Crippen molar-refractivity contribution in [3.05, 3.63) is 0 Å². The number of hydrogen-bond acceptors (Lipinski definition) is 4. The number of rotatable bonds is 11. The topological polar surface area (TPSA) is 58.8 Å². The zero-order valence-electron chi connectivity index (χ0n) is 13.9. The van der Waals surface area contributed by atoms with Crippen LogP contribution in [0.4, 0.5) is 0 Å². The lowest BCUT2D eigenvalue weighted by atomic mass is 10.1. The number of ether oxygens (including phenoxy) is 1. The van der Waals surface area contributed by atoms with Crippen molar-refractivity contribution in [1.29, 1.82) is 0 Å². The Balaban J connectivity index is 4.49. The summed E-state index contributed by atoms with van der Waals surface area (Å²) in [6.45, 7) is 13.5. The number of hydrogen-bond donors (Lipinski definition) is 1. The van der Waals surface area contributed by atoms with E-state index in [1.807, 2.05) is 4.90 Å². The molecule has 2 N–H and O–H groups in total. The number of amides is 1. The molecule has 0 aliphatic heterocycles. The van der Waals surface area contributed by atoms with Crippen LogP contribution in [0.2, 0.25) is 0 Å². The van der Waals surface area contributed by atoms with Crippen molar-refractivity contribution in [2.45, 2.75) is 40.2 Å². The van der Waals surface area contributed by atoms with Crippen LogP contribution in [-0.2, 0) is 9.53 Å². The average Bonchev–Trinajstić information content (AvgIpc) is 2.43. The summed E-state index contributed by atoms with van der Waals surface area (Å²) >= 11 is 0. The Hall–Kier alpha value is -0.650. The van der Waals surface area contributed by atoms with E-state index in [9.17, 15) is 4.79 Å². The number of carbonyl (C=O) groups is 1. The van der Waals surface area contributed by atoms with Crippen LogP contribution in [0, 0.1) is 5.92 Å². The Bertz CT molecular complexity index is 252. The van der Waals surface area contributed by atoms with Gasteiger partial charge in [0.1, 0.15) is 0 Å². The first kappa shape index (κ1) is 19.4. The maximum absolute atomic E-state index is 12.4. The van der Waals surface area contributed by atoms with Gasteiger partial charge in [-0.1, -0.05) is 27.7 Å². The highest BCUT2D eigenvalue weighted by atomic mass is 16.5. The smallest absolute Gasteiger partial charge is 0.225 e. The molecule has 1 amide bonds. The summed E-state index contributed by atoms with van der Waals surface area (Å²) in [6, 6.07) is 0. The molecule has 0 spiro atoms. The molecule has 0 heterocycles. The molecular weight excluding hydrogens is 254 g/mol. The summed E-state index contributed by atoms with van der Waals surface area (Å²) in [4.78, 5) is 16.6. The fraction of sp³-hybridized carbons (Fsp3) is 0.933. The number of nitrogens with two attached hydrogens (primary N) is 1. The summed E-state index contributed by atoms with van der Waals surface area (Å²) in [5.41, 5.74) is 5.59. The maximum atomic E-state index is 12.4. The fourth-order valence-electron chi connectivity index (χ4n) is 2.15. The van der Waals surface area contributed by atoms with Crippen molar-refractivity contribution in [3.8, 4) is 0 Å². The molecule has 0 aliphatic rings. The molecule has 0 aromatic heterocycles. The van der Waals surface area contributed by atoms with Crippen molar-refractivity contribution in [2.75, 3.05) is 46.4 Å². The molecule has 0 bridgehead atoms. The molecule has 1 unspecified atom stereocenters. The van der Waals surface area contributed by atoms with Crippen LogP contribution in [0.25, 0.3) is 0 Å². The zero-order chi connectivity index (χ0) is 15.5. The quantitative estimate of drug-likeness (QED) is 0.620. The van der Waals surface area contributed by atoms with E-state index in [1.165, 1.54) is 0 Å². The van der Waals surface area contributed by atoms with Gasteiger partial charge in [-0.3, -0.25) is 4.79 Å². The highest BCUT2D eigenvalue weighted by Gasteiger charge is 2.19. The second kappa shape index (κ2) is 11.1. The molecule has 0 fully saturated rings. The molecular formula is C15H33N3O2. The van der Waals surface area contributed by atoms with E-state index >= 15 is 0 Å². The van der Waals surface area contributed by atoms with E-state index in [1.54, 1.807) is 7.11 Å². The fourth-order valence-corrected chi connectivity index (χ4v) is 2.15. The summed E-state index contributed by atoms with van der Waals surface area (Å²) in [5.74, 6) is 0.609. The first-order chi connectivity index (χ1) is 9.48. The van der Waals surface area contributed by atoms with E-state index in [4.69, 9.17) is 10.5 Å². The van der Waals surface area contributed by atoms with Crippen molar-refractivity contribution in [3.63, 3.8) is 0 Å². The average molecular weight is 287 g/mol. The standard InChI is InChI=1S/C15H33N3O2/c1-6-17(7-2)8-9-18(12-13(3)4)15(19)10-14(11-16)20-5/h13-14H,6-12,16H2,1-5H3. The second-order valence-electron chi connectivity index (χ2n) is 5.56. The Labute approximate surface area is 124 Å². The first-order valence-corrected chi connectivity index (χ1v) is 7.71. The lowest BCUT2D eigenvalue weighted by Crippen LogP contribution is -2.42. The largest absolute Gasteiger partial charge is 0.380 e. The Morgan fingerprint density at radius 3 is 2.20 bits per heavy atom. The number of carbonyl (C=O) groups excluding carboxylic acids is 1. The monoisotopic (exact) mass is 287 g/mol. The van der Waals surface area contributed by atoms with Gasteiger partial charge in [-0.15, -0.1) is 0 Å². The third kappa shape index (κ3) is 7.82. The molecule has 0 saturated carbocycles. The minimum atomic E-state index is -0.175. The predicted molar refractivity (Wildman–Crippen MR) is 83.7 cm³/mol. The number of nitrogens with zero attached hydrogens (tertiary/aromatic N) is 2. The first-order valence-electron chi connectivity index (χ1n) is 7.71. The molecule has 0 aromatic carbocycles. The predicted octanol–water partition coefficient (Wildman–Crippen LogP) is 1.18. The Morgan fingerprint density at radius 2 is 1.80 bits per heavy atom. The minimum absolute atomic E-state index is 0.142. The van der Waals surface area contributed by atoms with Gasteiger partial charge in [0.25, 0.3) is 0 Å². The van der Waals surface area contributed by atoms with Crippen LogP contribution < -0.4 is 5.73 Å². The molecule has 0 saturated heterocycles. The van der Waals surface area contributed by atoms with Gasteiger partial charge in [0, 0.05) is 33.3 Å². The highest BCUT2D eigenvalue weighted by Crippen LogP contribution is 2.06. The summed E-state index contributed by atoms with van der Waals surface area (Å²) < 4.78 is 5.21. The molecule has 0 aliphatic carbocycles. The number of methoxy groups -OCH3 is 1. The molecule has 1 atom stereocenters. The molecule has 20 heavy (non-hydrogen) atoms. The summed E-state index contributed by atoms with van der Waals surface area (Å²) in [6.07, 6.45) is 0.198. The van der Waals surface area contributed by atoms with Gasteiger partial charge in [-0.25, -0.2) is 0 Å². The Kier molecular flexibility index (Phi) is 10.7. The molecule has 0 radical (unpaired) electrons. The van der Waals surface area contributed by atoms with Gasteiger partial charge in [-0.05, 0) is 19.0 Å². The van der Waals surface area contributed by atoms with Gasteiger partial charge in [-0.2, -0.15) is 0 Å². The van der Waals surface area contributed by atoms with Crippen LogP contribution in [0.15, 0.2) is 0 Å². The molecule has 5 nitrogen and oxygen atoms in total. The molecule has 5 heteroatoms. The van der Waals surface area contributed by atoms with Crippen molar-refractivity contribution in [1.82, 2.24) is 9.80 Å². The minimum Gasteiger partial charge on any atom is -0.380 e. The van der Waals surface area contributed by atoms with E-state index in [-0.39, 0.29) is 12.0 Å². The molecule has 120 valence electrons. The second-order valence-corrected chi connectivity index (χ2v) is 5.56. The third-order valence-corrected chi connectivity index (χ3v) is 3.52. The van der Waals surface area contributed by atoms with E-state index in [2.05, 4.69) is 32.6 Å². The van der Waals surface area contributed by atoms with Crippen LogP contribution in [0.1, 0.15) is 34.1 Å². The van der Waals surface area contributed by atoms with E-state index < -0.39 is 0 Å². The molecule has 0 aromatic rings. The van der Waals surface area contributed by atoms with E-state index in [0.717, 1.165) is 32.7 Å². The van der Waals surface area contributed by atoms with Gasteiger partial charge in [0.2, 0.25) is 5.91 Å². The van der Waals surface area contributed by atoms with Gasteiger partial charge < -0.3 is 20.3 Å². The summed E-state index contributed by atoms with van der Waals surface area (Å²) in [5, 5.41) is 0. The van der Waals surface area contributed by atoms with Crippen LogP contribution in [0.3, 0.4) is 0 Å². The van der Waals surface area contributed by atoms with E-state index in [0.29, 0.717) is 18.9 Å². The Morgan fingerprint density at radius 1 is 1.20 bits per heavy atom. The van der Waals surface area contributed by atoms with Gasteiger partial charge >= 0.3 is 0 Å². The normalized spacial score (nSPS) is 13.0. The SMILES string of the molecule is CCN(CC)CCN(CC(C)C)C(=O)CC(CN)OC. The summed E-state index contributed by atoms with van der Waals surface area (Å²) in [7, 11) is 1.60. The van der Waals surface area contributed by atoms with Crippen LogP contribution >= 0.6 is 0 Å². The number of likely N-dealkylation sites (N-methyl/N-ethyl adjacent to an activating group) is 1. The van der Waals surface area contributed by atoms with Crippen LogP contribution in [-0.4, -0.2) is 68.2 Å². The van der Waals surface area contributed by atoms with Crippen LogP contribution in [0.5, 0.6) is 0 Å². The van der Waals surface area contributed by atoms with Crippen molar-refractivity contribution < 1.29 is 9.53 Å². The lowest BCUT2D eigenvalue weighted by molar-refractivity contribution is -0.134. The maximum Gasteiger partial charge on any atom is 0.225 e. The zero-order valence-corrected chi connectivity index (χ0v) is 13.9. The van der Waals surface area contributed by atoms with Gasteiger partial charge in [0.15, 0.2) is 0 Å².